The van der Waals surface area contributed by atoms with Gasteiger partial charge in [-0.2, -0.15) is 0 Å². The van der Waals surface area contributed by atoms with Crippen molar-refractivity contribution in [3.8, 4) is 45.8 Å². The zero-order valence-corrected chi connectivity index (χ0v) is 19.8. The molecule has 3 aromatic rings. The van der Waals surface area contributed by atoms with E-state index in [9.17, 15) is 35.1 Å². The van der Waals surface area contributed by atoms with Gasteiger partial charge in [0.1, 0.15) is 29.3 Å². The summed E-state index contributed by atoms with van der Waals surface area (Å²) >= 11 is 0. The molecule has 0 amide bonds. The van der Waals surface area contributed by atoms with Crippen molar-refractivity contribution in [1.82, 2.24) is 0 Å². The summed E-state index contributed by atoms with van der Waals surface area (Å²) in [5.74, 6) is -2.05. The highest BCUT2D eigenvalue weighted by atomic mass is 16.7. The van der Waals surface area contributed by atoms with Crippen LogP contribution in [0, 0.1) is 0 Å². The molecule has 1 aromatic heterocycles. The summed E-state index contributed by atoms with van der Waals surface area (Å²) in [5.41, 5.74) is -0.395. The Morgan fingerprint density at radius 1 is 1.00 bits per heavy atom. The summed E-state index contributed by atoms with van der Waals surface area (Å²) in [7, 11) is 2.55. The maximum atomic E-state index is 13.2. The fourth-order valence-electron chi connectivity index (χ4n) is 4.23. The van der Waals surface area contributed by atoms with E-state index in [0.717, 1.165) is 0 Å². The van der Waals surface area contributed by atoms with Crippen LogP contribution in [0.5, 0.6) is 34.5 Å². The van der Waals surface area contributed by atoms with Crippen molar-refractivity contribution in [2.24, 2.45) is 0 Å². The summed E-state index contributed by atoms with van der Waals surface area (Å²) in [4.78, 5) is 24.6. The topological polar surface area (TPSA) is 204 Å². The van der Waals surface area contributed by atoms with Crippen LogP contribution in [-0.4, -0.2) is 83.2 Å². The van der Waals surface area contributed by atoms with Crippen LogP contribution >= 0.6 is 0 Å². The molecule has 1 saturated heterocycles. The average Bonchev–Trinajstić information content (AvgIpc) is 3.37. The van der Waals surface area contributed by atoms with Crippen LogP contribution in [0.15, 0.2) is 33.5 Å². The number of methoxy groups -OCH3 is 2. The van der Waals surface area contributed by atoms with Gasteiger partial charge in [0.25, 0.3) is 0 Å². The lowest BCUT2D eigenvalue weighted by atomic mass is 9.99. The highest BCUT2D eigenvalue weighted by Gasteiger charge is 2.48. The van der Waals surface area contributed by atoms with Crippen LogP contribution in [0.1, 0.15) is 0 Å². The fraction of sp³-hybridized carbons (Fsp3) is 0.333. The van der Waals surface area contributed by atoms with Crippen molar-refractivity contribution in [3.63, 3.8) is 0 Å². The SMILES string of the molecule is COc1cc(-c2oc3cc4c(c(O)c3c(=O)c2OC)OCO4)ccc1O[C@@H]1O[C@H](C(=O)O)[C@@H](O)[C@@H](O)[C@H]1O. The second-order valence-electron chi connectivity index (χ2n) is 8.34. The molecule has 2 aliphatic rings. The Labute approximate surface area is 212 Å². The summed E-state index contributed by atoms with van der Waals surface area (Å²) in [6.45, 7) is -0.140. The van der Waals surface area contributed by atoms with Gasteiger partial charge in [0.2, 0.25) is 30.0 Å². The van der Waals surface area contributed by atoms with Crippen molar-refractivity contribution in [1.29, 1.82) is 0 Å². The van der Waals surface area contributed by atoms with Gasteiger partial charge >= 0.3 is 5.97 Å². The van der Waals surface area contributed by atoms with Crippen LogP contribution in [-0.2, 0) is 9.53 Å². The van der Waals surface area contributed by atoms with Crippen molar-refractivity contribution >= 4 is 16.9 Å². The van der Waals surface area contributed by atoms with Crippen LogP contribution < -0.4 is 29.1 Å². The molecule has 3 heterocycles. The van der Waals surface area contributed by atoms with Crippen LogP contribution in [0.25, 0.3) is 22.3 Å². The van der Waals surface area contributed by atoms with Crippen LogP contribution in [0.4, 0.5) is 0 Å². The van der Waals surface area contributed by atoms with Crippen molar-refractivity contribution < 1.29 is 63.2 Å². The normalized spacial score (nSPS) is 24.3. The first kappa shape index (κ1) is 25.4. The van der Waals surface area contributed by atoms with Gasteiger partial charge in [-0.3, -0.25) is 4.79 Å². The third-order valence-corrected chi connectivity index (χ3v) is 6.14. The molecule has 2 aromatic carbocycles. The molecular weight excluding hydrogens is 512 g/mol. The molecule has 0 spiro atoms. The molecule has 0 radical (unpaired) electrons. The number of aliphatic hydroxyl groups is 3. The number of carbonyl (C=O) groups is 1. The van der Waals surface area contributed by atoms with E-state index in [1.54, 1.807) is 0 Å². The van der Waals surface area contributed by atoms with Crippen LogP contribution in [0.3, 0.4) is 0 Å². The number of aromatic hydroxyl groups is 1. The molecule has 14 heteroatoms. The Morgan fingerprint density at radius 2 is 1.76 bits per heavy atom. The standard InChI is InChI=1S/C24H22O14/c1-32-10-5-8(3-4-9(10)37-24-18(29)16(27)17(28)22(38-24)23(30)31)19-21(33-2)15(26)13-11(36-19)6-12-20(14(13)25)35-7-34-12/h3-6,16-18,22,24-25,27-29H,7H2,1-2H3,(H,30,31)/t16-,17+,18-,22+,24-/m1/s1. The van der Waals surface area contributed by atoms with Gasteiger partial charge in [-0.15, -0.1) is 0 Å². The second-order valence-corrected chi connectivity index (χ2v) is 8.34. The predicted molar refractivity (Wildman–Crippen MR) is 124 cm³/mol. The first-order valence-electron chi connectivity index (χ1n) is 11.1. The van der Waals surface area contributed by atoms with Crippen molar-refractivity contribution in [3.05, 3.63) is 34.5 Å². The minimum Gasteiger partial charge on any atom is -0.504 e. The van der Waals surface area contributed by atoms with E-state index in [1.165, 1.54) is 38.5 Å². The molecule has 0 unspecified atom stereocenters. The first-order valence-corrected chi connectivity index (χ1v) is 11.1. The maximum absolute atomic E-state index is 13.2. The number of aliphatic carboxylic acids is 1. The van der Waals surface area contributed by atoms with E-state index in [2.05, 4.69) is 0 Å². The Bertz CT molecular complexity index is 1460. The van der Waals surface area contributed by atoms with Gasteiger partial charge in [-0.25, -0.2) is 4.79 Å². The largest absolute Gasteiger partial charge is 0.504 e. The number of carboxylic acid groups (broad SMARTS) is 1. The molecule has 0 bridgehead atoms. The molecule has 202 valence electrons. The molecule has 0 aliphatic carbocycles. The van der Waals surface area contributed by atoms with Gasteiger partial charge in [-0.05, 0) is 18.2 Å². The number of carboxylic acids is 1. The van der Waals surface area contributed by atoms with E-state index in [0.29, 0.717) is 0 Å². The zero-order valence-electron chi connectivity index (χ0n) is 19.8. The van der Waals surface area contributed by atoms with E-state index in [-0.39, 0.29) is 57.8 Å². The van der Waals surface area contributed by atoms with Gasteiger partial charge in [0, 0.05) is 11.6 Å². The number of aliphatic hydroxyl groups excluding tert-OH is 3. The Kier molecular flexibility index (Phi) is 6.40. The number of benzene rings is 2. The van der Waals surface area contributed by atoms with Gasteiger partial charge in [-0.1, -0.05) is 0 Å². The maximum Gasteiger partial charge on any atom is 0.335 e. The monoisotopic (exact) mass is 534 g/mol. The first-order chi connectivity index (χ1) is 18.2. The van der Waals surface area contributed by atoms with E-state index in [1.807, 2.05) is 0 Å². The molecule has 5 rings (SSSR count). The number of hydrogen-bond acceptors (Lipinski definition) is 13. The van der Waals surface area contributed by atoms with Crippen molar-refractivity contribution in [2.75, 3.05) is 21.0 Å². The fourth-order valence-corrected chi connectivity index (χ4v) is 4.23. The Balaban J connectivity index is 1.54. The summed E-state index contributed by atoms with van der Waals surface area (Å²) in [5, 5.41) is 49.8. The summed E-state index contributed by atoms with van der Waals surface area (Å²) in [6, 6.07) is 5.62. The number of phenols is 1. The Morgan fingerprint density at radius 3 is 2.45 bits per heavy atom. The molecule has 1 fully saturated rings. The number of rotatable bonds is 6. The zero-order chi connectivity index (χ0) is 27.3. The molecular formula is C24H22O14. The highest BCUT2D eigenvalue weighted by molar-refractivity contribution is 5.91. The lowest BCUT2D eigenvalue weighted by Crippen LogP contribution is -2.61. The third-order valence-electron chi connectivity index (χ3n) is 6.14. The number of phenolic OH excluding ortho intramolecular Hbond substituents is 1. The molecule has 5 N–H and O–H groups in total. The number of hydrogen-bond donors (Lipinski definition) is 5. The molecule has 5 atom stereocenters. The molecule has 38 heavy (non-hydrogen) atoms. The Hall–Kier alpha value is -4.24. The van der Waals surface area contributed by atoms with Gasteiger partial charge in [0.05, 0.1) is 14.2 Å². The minimum absolute atomic E-state index is 0.00201. The molecule has 2 aliphatic heterocycles. The van der Waals surface area contributed by atoms with E-state index >= 15 is 0 Å². The van der Waals surface area contributed by atoms with Gasteiger partial charge in [0.15, 0.2) is 34.9 Å². The smallest absolute Gasteiger partial charge is 0.335 e. The lowest BCUT2D eigenvalue weighted by Gasteiger charge is -2.38. The summed E-state index contributed by atoms with van der Waals surface area (Å²) < 4.78 is 37.8. The second kappa shape index (κ2) is 9.57. The van der Waals surface area contributed by atoms with E-state index in [4.69, 9.17) is 32.8 Å². The van der Waals surface area contributed by atoms with E-state index < -0.39 is 47.9 Å². The van der Waals surface area contributed by atoms with Gasteiger partial charge < -0.3 is 58.4 Å². The summed E-state index contributed by atoms with van der Waals surface area (Å²) in [6.07, 6.45) is -9.05. The van der Waals surface area contributed by atoms with Crippen LogP contribution in [0.2, 0.25) is 0 Å². The molecule has 14 nitrogen and oxygen atoms in total. The third kappa shape index (κ3) is 3.99. The average molecular weight is 534 g/mol. The number of ether oxygens (including phenoxy) is 6. The van der Waals surface area contributed by atoms with Crippen molar-refractivity contribution in [2.45, 2.75) is 30.7 Å². The highest BCUT2D eigenvalue weighted by Crippen LogP contribution is 2.46. The minimum atomic E-state index is -1.88. The predicted octanol–water partition coefficient (Wildman–Crippen LogP) is 0.182. The number of fused-ring (bicyclic) bond motifs is 2. The molecule has 0 saturated carbocycles. The lowest BCUT2D eigenvalue weighted by molar-refractivity contribution is -0.271. The quantitative estimate of drug-likeness (QED) is 0.286.